The van der Waals surface area contributed by atoms with Gasteiger partial charge in [-0.05, 0) is 41.8 Å². The summed E-state index contributed by atoms with van der Waals surface area (Å²) >= 11 is 6.05. The molecule has 0 aromatic heterocycles. The van der Waals surface area contributed by atoms with Crippen molar-refractivity contribution in [2.75, 3.05) is 11.4 Å². The molecule has 7 heteroatoms. The minimum Gasteiger partial charge on any atom is -0.312 e. The second-order valence-corrected chi connectivity index (χ2v) is 7.80. The molecule has 1 heterocycles. The van der Waals surface area contributed by atoms with Crippen molar-refractivity contribution in [3.8, 4) is 0 Å². The molecular weight excluding hydrogens is 348 g/mol. The van der Waals surface area contributed by atoms with Crippen LogP contribution in [0, 0.1) is 0 Å². The predicted molar refractivity (Wildman–Crippen MR) is 93.7 cm³/mol. The summed E-state index contributed by atoms with van der Waals surface area (Å²) in [7, 11) is -3.65. The lowest BCUT2D eigenvalue weighted by molar-refractivity contribution is -0.116. The van der Waals surface area contributed by atoms with Crippen molar-refractivity contribution in [2.24, 2.45) is 0 Å². The van der Waals surface area contributed by atoms with Gasteiger partial charge in [-0.25, -0.2) is 13.1 Å². The van der Waals surface area contributed by atoms with Crippen LogP contribution in [-0.2, 0) is 27.8 Å². The van der Waals surface area contributed by atoms with E-state index in [1.807, 2.05) is 0 Å². The minimum atomic E-state index is -3.65. The Balaban J connectivity index is 1.81. The standard InChI is InChI=1S/C17H17ClN2O3S/c1-12(21)20-9-8-13-10-15(6-7-17(13)20)24(22,23)19-11-14-4-2-3-5-16(14)18/h2-7,10,19H,8-9,11H2,1H3. The van der Waals surface area contributed by atoms with Gasteiger partial charge in [-0.2, -0.15) is 0 Å². The number of carbonyl (C=O) groups excluding carboxylic acids is 1. The molecule has 5 nitrogen and oxygen atoms in total. The van der Waals surface area contributed by atoms with E-state index in [1.165, 1.54) is 13.0 Å². The molecule has 2 aromatic carbocycles. The second-order valence-electron chi connectivity index (χ2n) is 5.63. The predicted octanol–water partition coefficient (Wildman–Crippen LogP) is 2.73. The van der Waals surface area contributed by atoms with Gasteiger partial charge in [0, 0.05) is 30.7 Å². The largest absolute Gasteiger partial charge is 0.312 e. The number of amides is 1. The number of nitrogens with zero attached hydrogens (tertiary/aromatic N) is 1. The van der Waals surface area contributed by atoms with Crippen molar-refractivity contribution in [1.29, 1.82) is 0 Å². The molecule has 126 valence electrons. The molecule has 0 radical (unpaired) electrons. The zero-order valence-electron chi connectivity index (χ0n) is 13.1. The molecule has 0 spiro atoms. The topological polar surface area (TPSA) is 66.5 Å². The first-order valence-electron chi connectivity index (χ1n) is 7.52. The number of fused-ring (bicyclic) bond motifs is 1. The molecule has 0 aliphatic carbocycles. The van der Waals surface area contributed by atoms with E-state index in [4.69, 9.17) is 11.6 Å². The van der Waals surface area contributed by atoms with Gasteiger partial charge in [-0.15, -0.1) is 0 Å². The number of benzene rings is 2. The van der Waals surface area contributed by atoms with Gasteiger partial charge < -0.3 is 4.90 Å². The normalized spacial score (nSPS) is 13.8. The Morgan fingerprint density at radius 3 is 2.71 bits per heavy atom. The van der Waals surface area contributed by atoms with Crippen LogP contribution >= 0.6 is 11.6 Å². The zero-order chi connectivity index (χ0) is 17.3. The summed E-state index contributed by atoms with van der Waals surface area (Å²) in [5, 5.41) is 0.520. The van der Waals surface area contributed by atoms with Gasteiger partial charge in [0.25, 0.3) is 0 Å². The van der Waals surface area contributed by atoms with Crippen molar-refractivity contribution in [3.63, 3.8) is 0 Å². The maximum Gasteiger partial charge on any atom is 0.240 e. The van der Waals surface area contributed by atoms with Crippen LogP contribution in [0.5, 0.6) is 0 Å². The molecule has 0 saturated carbocycles. The highest BCUT2D eigenvalue weighted by Crippen LogP contribution is 2.30. The molecule has 1 aliphatic rings. The van der Waals surface area contributed by atoms with Crippen molar-refractivity contribution < 1.29 is 13.2 Å². The number of carbonyl (C=O) groups is 1. The van der Waals surface area contributed by atoms with Crippen molar-refractivity contribution in [1.82, 2.24) is 4.72 Å². The summed E-state index contributed by atoms with van der Waals surface area (Å²) in [5.74, 6) is -0.0406. The molecule has 24 heavy (non-hydrogen) atoms. The third kappa shape index (κ3) is 3.31. The highest BCUT2D eigenvalue weighted by Gasteiger charge is 2.24. The SMILES string of the molecule is CC(=O)N1CCc2cc(S(=O)(=O)NCc3ccccc3Cl)ccc21. The summed E-state index contributed by atoms with van der Waals surface area (Å²) in [6.45, 7) is 2.21. The Labute approximate surface area is 146 Å². The lowest BCUT2D eigenvalue weighted by Crippen LogP contribution is -2.26. The fourth-order valence-electron chi connectivity index (χ4n) is 2.77. The lowest BCUT2D eigenvalue weighted by Gasteiger charge is -2.15. The van der Waals surface area contributed by atoms with E-state index in [2.05, 4.69) is 4.72 Å². The van der Waals surface area contributed by atoms with Crippen LogP contribution in [-0.4, -0.2) is 20.9 Å². The lowest BCUT2D eigenvalue weighted by atomic mass is 10.2. The molecule has 0 unspecified atom stereocenters. The zero-order valence-corrected chi connectivity index (χ0v) is 14.7. The van der Waals surface area contributed by atoms with E-state index in [0.29, 0.717) is 23.6 Å². The molecule has 2 aromatic rings. The second kappa shape index (κ2) is 6.55. The van der Waals surface area contributed by atoms with Gasteiger partial charge in [0.1, 0.15) is 0 Å². The quantitative estimate of drug-likeness (QED) is 0.907. The molecule has 0 fully saturated rings. The average Bonchev–Trinajstić information content (AvgIpc) is 2.97. The third-order valence-electron chi connectivity index (χ3n) is 4.05. The van der Waals surface area contributed by atoms with Crippen molar-refractivity contribution in [2.45, 2.75) is 24.8 Å². The highest BCUT2D eigenvalue weighted by atomic mass is 35.5. The van der Waals surface area contributed by atoms with Crippen LogP contribution in [0.1, 0.15) is 18.1 Å². The number of hydrogen-bond donors (Lipinski definition) is 1. The first-order chi connectivity index (χ1) is 11.4. The Kier molecular flexibility index (Phi) is 4.62. The van der Waals surface area contributed by atoms with E-state index in [9.17, 15) is 13.2 Å². The minimum absolute atomic E-state index is 0.0406. The van der Waals surface area contributed by atoms with Crippen LogP contribution < -0.4 is 9.62 Å². The monoisotopic (exact) mass is 364 g/mol. The Morgan fingerprint density at radius 2 is 2.00 bits per heavy atom. The summed E-state index contributed by atoms with van der Waals surface area (Å²) in [6, 6.07) is 11.9. The molecule has 1 amide bonds. The maximum absolute atomic E-state index is 12.5. The molecule has 3 rings (SSSR count). The van der Waals surface area contributed by atoms with E-state index in [1.54, 1.807) is 41.3 Å². The molecule has 1 N–H and O–H groups in total. The molecule has 0 atom stereocenters. The Morgan fingerprint density at radius 1 is 1.25 bits per heavy atom. The van der Waals surface area contributed by atoms with Gasteiger partial charge in [0.05, 0.1) is 4.90 Å². The fraction of sp³-hybridized carbons (Fsp3) is 0.235. The van der Waals surface area contributed by atoms with Gasteiger partial charge in [-0.1, -0.05) is 29.8 Å². The summed E-state index contributed by atoms with van der Waals surface area (Å²) in [4.78, 5) is 13.4. The number of hydrogen-bond acceptors (Lipinski definition) is 3. The van der Waals surface area contributed by atoms with Crippen LogP contribution in [0.4, 0.5) is 5.69 Å². The summed E-state index contributed by atoms with van der Waals surface area (Å²) in [5.41, 5.74) is 2.37. The molecule has 0 saturated heterocycles. The van der Waals surface area contributed by atoms with E-state index >= 15 is 0 Å². The number of rotatable bonds is 4. The van der Waals surface area contributed by atoms with Crippen molar-refractivity contribution in [3.05, 3.63) is 58.6 Å². The number of sulfonamides is 1. The van der Waals surface area contributed by atoms with Crippen LogP contribution in [0.15, 0.2) is 47.4 Å². The van der Waals surface area contributed by atoms with E-state index in [-0.39, 0.29) is 17.3 Å². The maximum atomic E-state index is 12.5. The Hall–Kier alpha value is -1.89. The molecule has 1 aliphatic heterocycles. The number of halogens is 1. The van der Waals surface area contributed by atoms with E-state index < -0.39 is 10.0 Å². The fourth-order valence-corrected chi connectivity index (χ4v) is 4.03. The number of anilines is 1. The molecular formula is C17H17ClN2O3S. The van der Waals surface area contributed by atoms with Crippen molar-refractivity contribution >= 4 is 33.2 Å². The average molecular weight is 365 g/mol. The van der Waals surface area contributed by atoms with Crippen LogP contribution in [0.25, 0.3) is 0 Å². The summed E-state index contributed by atoms with van der Waals surface area (Å²) in [6.07, 6.45) is 0.656. The summed E-state index contributed by atoms with van der Waals surface area (Å²) < 4.78 is 27.6. The smallest absolute Gasteiger partial charge is 0.240 e. The van der Waals surface area contributed by atoms with Gasteiger partial charge in [0.15, 0.2) is 0 Å². The van der Waals surface area contributed by atoms with Gasteiger partial charge >= 0.3 is 0 Å². The van der Waals surface area contributed by atoms with Crippen LogP contribution in [0.2, 0.25) is 5.02 Å². The highest BCUT2D eigenvalue weighted by molar-refractivity contribution is 7.89. The molecule has 0 bridgehead atoms. The van der Waals surface area contributed by atoms with Gasteiger partial charge in [-0.3, -0.25) is 4.79 Å². The van der Waals surface area contributed by atoms with E-state index in [0.717, 1.165) is 11.3 Å². The third-order valence-corrected chi connectivity index (χ3v) is 5.82. The number of nitrogens with one attached hydrogen (secondary N) is 1. The van der Waals surface area contributed by atoms with Gasteiger partial charge in [0.2, 0.25) is 15.9 Å². The first kappa shape index (κ1) is 17.0. The Bertz CT molecular complexity index is 896. The first-order valence-corrected chi connectivity index (χ1v) is 9.39. The van der Waals surface area contributed by atoms with Crippen LogP contribution in [0.3, 0.4) is 0 Å².